The maximum Gasteiger partial charge on any atom is 0.0635 e. The molecule has 0 aromatic heterocycles. The molecule has 2 heteroatoms. The summed E-state index contributed by atoms with van der Waals surface area (Å²) in [7, 11) is 0. The van der Waals surface area contributed by atoms with Crippen molar-refractivity contribution in [2.45, 2.75) is 51.5 Å². The van der Waals surface area contributed by atoms with Crippen LogP contribution < -0.4 is 0 Å². The summed E-state index contributed by atoms with van der Waals surface area (Å²) in [5.74, 6) is 0.245. The highest BCUT2D eigenvalue weighted by Crippen LogP contribution is 2.47. The summed E-state index contributed by atoms with van der Waals surface area (Å²) >= 11 is 6.20. The molecule has 0 aliphatic heterocycles. The summed E-state index contributed by atoms with van der Waals surface area (Å²) in [6.07, 6.45) is 1.88. The predicted octanol–water partition coefficient (Wildman–Crippen LogP) is 2.80. The van der Waals surface area contributed by atoms with Gasteiger partial charge >= 0.3 is 0 Å². The lowest BCUT2D eigenvalue weighted by Gasteiger charge is -2.32. The molecule has 0 aromatic carbocycles. The largest absolute Gasteiger partial charge is 0.392 e. The second-order valence-corrected chi connectivity index (χ2v) is 6.12. The Labute approximate surface area is 80.1 Å². The fraction of sp³-hybridized carbons (Fsp3) is 1.00. The molecule has 0 spiro atoms. The summed E-state index contributed by atoms with van der Waals surface area (Å²) in [4.78, 5) is -0.271. The molecular formula is C10H19ClO. The molecule has 1 fully saturated rings. The molecule has 0 saturated heterocycles. The molecule has 0 heterocycles. The topological polar surface area (TPSA) is 20.2 Å². The normalized spacial score (nSPS) is 35.5. The van der Waals surface area contributed by atoms with Crippen LogP contribution in [0, 0.1) is 11.3 Å². The zero-order valence-electron chi connectivity index (χ0n) is 8.39. The van der Waals surface area contributed by atoms with Gasteiger partial charge in [-0.1, -0.05) is 13.8 Å². The van der Waals surface area contributed by atoms with Gasteiger partial charge in [0, 0.05) is 10.8 Å². The first-order valence-corrected chi connectivity index (χ1v) is 5.00. The number of alkyl halides is 1. The highest BCUT2D eigenvalue weighted by molar-refractivity contribution is 6.23. The van der Waals surface area contributed by atoms with E-state index in [9.17, 15) is 5.11 Å². The van der Waals surface area contributed by atoms with Crippen LogP contribution >= 0.6 is 11.6 Å². The van der Waals surface area contributed by atoms with Gasteiger partial charge in [0.25, 0.3) is 0 Å². The molecule has 1 aliphatic rings. The molecule has 72 valence electrons. The van der Waals surface area contributed by atoms with Crippen LogP contribution in [-0.4, -0.2) is 16.1 Å². The van der Waals surface area contributed by atoms with Crippen molar-refractivity contribution in [2.75, 3.05) is 0 Å². The Balaban J connectivity index is 2.74. The Bertz CT molecular complexity index is 169. The lowest BCUT2D eigenvalue weighted by molar-refractivity contribution is 0.0359. The Morgan fingerprint density at radius 3 is 2.08 bits per heavy atom. The average Bonchev–Trinajstić information content (AvgIpc) is 2.06. The number of aliphatic hydroxyl groups excluding tert-OH is 1. The van der Waals surface area contributed by atoms with Crippen molar-refractivity contribution < 1.29 is 5.11 Å². The summed E-state index contributed by atoms with van der Waals surface area (Å²) in [6.45, 7) is 8.20. The smallest absolute Gasteiger partial charge is 0.0635 e. The molecular weight excluding hydrogens is 172 g/mol. The molecule has 0 aromatic rings. The van der Waals surface area contributed by atoms with Gasteiger partial charge < -0.3 is 5.11 Å². The molecule has 1 N–H and O–H groups in total. The van der Waals surface area contributed by atoms with Crippen molar-refractivity contribution in [2.24, 2.45) is 11.3 Å². The molecule has 0 amide bonds. The Kier molecular flexibility index (Phi) is 2.48. The first kappa shape index (κ1) is 10.3. The second-order valence-electron chi connectivity index (χ2n) is 5.14. The van der Waals surface area contributed by atoms with Gasteiger partial charge in [0.1, 0.15) is 0 Å². The molecule has 12 heavy (non-hydrogen) atoms. The second kappa shape index (κ2) is 2.88. The molecule has 1 saturated carbocycles. The summed E-state index contributed by atoms with van der Waals surface area (Å²) in [6, 6.07) is 0. The van der Waals surface area contributed by atoms with E-state index in [0.717, 1.165) is 12.8 Å². The van der Waals surface area contributed by atoms with Gasteiger partial charge in [0.15, 0.2) is 0 Å². The van der Waals surface area contributed by atoms with Crippen LogP contribution in [0.2, 0.25) is 0 Å². The van der Waals surface area contributed by atoms with Gasteiger partial charge in [-0.2, -0.15) is 0 Å². The number of rotatable bonds is 1. The van der Waals surface area contributed by atoms with Gasteiger partial charge in [0.05, 0.1) is 6.10 Å². The Hall–Kier alpha value is 0.250. The van der Waals surface area contributed by atoms with E-state index in [-0.39, 0.29) is 22.3 Å². The van der Waals surface area contributed by atoms with E-state index in [1.807, 2.05) is 13.8 Å². The SMILES string of the molecule is CC(C)(Cl)[C@@H]1CCC(C)(C)[C@H]1O. The molecule has 0 radical (unpaired) electrons. The fourth-order valence-corrected chi connectivity index (χ4v) is 2.32. The third-order valence-corrected chi connectivity index (χ3v) is 3.44. The number of halogens is 1. The Morgan fingerprint density at radius 2 is 1.92 bits per heavy atom. The van der Waals surface area contributed by atoms with E-state index in [1.54, 1.807) is 0 Å². The van der Waals surface area contributed by atoms with Crippen molar-refractivity contribution in [3.8, 4) is 0 Å². The monoisotopic (exact) mass is 190 g/mol. The summed E-state index contributed by atoms with van der Waals surface area (Å²) in [5.41, 5.74) is 0.0524. The third kappa shape index (κ3) is 1.77. The van der Waals surface area contributed by atoms with Crippen LogP contribution in [0.3, 0.4) is 0 Å². The van der Waals surface area contributed by atoms with Crippen molar-refractivity contribution in [1.82, 2.24) is 0 Å². The average molecular weight is 191 g/mol. The van der Waals surface area contributed by atoms with E-state index in [1.165, 1.54) is 0 Å². The Morgan fingerprint density at radius 1 is 1.42 bits per heavy atom. The highest BCUT2D eigenvalue weighted by atomic mass is 35.5. The van der Waals surface area contributed by atoms with Gasteiger partial charge in [-0.25, -0.2) is 0 Å². The lowest BCUT2D eigenvalue weighted by atomic mass is 9.83. The van der Waals surface area contributed by atoms with Gasteiger partial charge in [0.2, 0.25) is 0 Å². The summed E-state index contributed by atoms with van der Waals surface area (Å²) < 4.78 is 0. The maximum atomic E-state index is 9.97. The van der Waals surface area contributed by atoms with Gasteiger partial charge in [-0.3, -0.25) is 0 Å². The van der Waals surface area contributed by atoms with Crippen LogP contribution in [0.15, 0.2) is 0 Å². The minimum atomic E-state index is -0.271. The van der Waals surface area contributed by atoms with Crippen LogP contribution in [0.1, 0.15) is 40.5 Å². The van der Waals surface area contributed by atoms with E-state index < -0.39 is 0 Å². The first-order chi connectivity index (χ1) is 5.25. The number of aliphatic hydroxyl groups is 1. The van der Waals surface area contributed by atoms with E-state index in [2.05, 4.69) is 13.8 Å². The van der Waals surface area contributed by atoms with Crippen LogP contribution in [0.5, 0.6) is 0 Å². The summed E-state index contributed by atoms with van der Waals surface area (Å²) in [5, 5.41) is 9.97. The van der Waals surface area contributed by atoms with Gasteiger partial charge in [-0.15, -0.1) is 11.6 Å². The third-order valence-electron chi connectivity index (χ3n) is 3.16. The quantitative estimate of drug-likeness (QED) is 0.631. The minimum Gasteiger partial charge on any atom is -0.392 e. The molecule has 0 bridgehead atoms. The predicted molar refractivity (Wildman–Crippen MR) is 52.4 cm³/mol. The van der Waals surface area contributed by atoms with Crippen LogP contribution in [-0.2, 0) is 0 Å². The lowest BCUT2D eigenvalue weighted by Crippen LogP contribution is -2.36. The van der Waals surface area contributed by atoms with Crippen molar-refractivity contribution in [3.05, 3.63) is 0 Å². The van der Waals surface area contributed by atoms with Crippen LogP contribution in [0.25, 0.3) is 0 Å². The van der Waals surface area contributed by atoms with Crippen molar-refractivity contribution >= 4 is 11.6 Å². The fourth-order valence-electron chi connectivity index (χ4n) is 2.10. The van der Waals surface area contributed by atoms with Gasteiger partial charge in [-0.05, 0) is 32.1 Å². The van der Waals surface area contributed by atoms with Crippen molar-refractivity contribution in [3.63, 3.8) is 0 Å². The zero-order valence-corrected chi connectivity index (χ0v) is 9.15. The standard InChI is InChI=1S/C10H19ClO/c1-9(2)6-5-7(8(9)12)10(3,4)11/h7-8,12H,5-6H2,1-4H3/t7-,8+/m1/s1. The minimum absolute atomic E-state index is 0.0524. The molecule has 1 rings (SSSR count). The maximum absolute atomic E-state index is 9.97. The van der Waals surface area contributed by atoms with E-state index in [4.69, 9.17) is 11.6 Å². The molecule has 1 nitrogen and oxygen atoms in total. The first-order valence-electron chi connectivity index (χ1n) is 4.62. The number of hydrogen-bond acceptors (Lipinski definition) is 1. The zero-order chi connectivity index (χ0) is 9.57. The highest BCUT2D eigenvalue weighted by Gasteiger charge is 2.46. The van der Waals surface area contributed by atoms with Crippen molar-refractivity contribution in [1.29, 1.82) is 0 Å². The number of hydrogen-bond donors (Lipinski definition) is 1. The molecule has 1 aliphatic carbocycles. The molecule has 0 unspecified atom stereocenters. The van der Waals surface area contributed by atoms with Crippen LogP contribution in [0.4, 0.5) is 0 Å². The van der Waals surface area contributed by atoms with E-state index >= 15 is 0 Å². The molecule has 2 atom stereocenters. The van der Waals surface area contributed by atoms with E-state index in [0.29, 0.717) is 0 Å².